The molecule has 3 rings (SSSR count). The van der Waals surface area contributed by atoms with Crippen LogP contribution in [0.3, 0.4) is 0 Å². The summed E-state index contributed by atoms with van der Waals surface area (Å²) in [4.78, 5) is 21.2. The van der Waals surface area contributed by atoms with Gasteiger partial charge >= 0.3 is 0 Å². The second-order valence-electron chi connectivity index (χ2n) is 5.62. The summed E-state index contributed by atoms with van der Waals surface area (Å²) in [6.07, 6.45) is 2.13. The SMILES string of the molecule is Cc1csc(N(C(=O)c2cccc(N(C)C)c2)C2CC2)n1. The molecule has 1 heterocycles. The molecule has 1 aromatic carbocycles. The Kier molecular flexibility index (Phi) is 3.68. The molecule has 0 spiro atoms. The molecule has 2 aromatic rings. The van der Waals surface area contributed by atoms with E-state index in [4.69, 9.17) is 0 Å². The van der Waals surface area contributed by atoms with Crippen LogP contribution < -0.4 is 9.80 Å². The third-order valence-electron chi connectivity index (χ3n) is 3.55. The fraction of sp³-hybridized carbons (Fsp3) is 0.375. The first-order valence-corrected chi connectivity index (χ1v) is 7.97. The number of rotatable bonds is 4. The Morgan fingerprint density at radius 3 is 2.67 bits per heavy atom. The summed E-state index contributed by atoms with van der Waals surface area (Å²) in [7, 11) is 3.96. The van der Waals surface area contributed by atoms with Crippen LogP contribution in [0.5, 0.6) is 0 Å². The molecule has 0 aliphatic heterocycles. The Balaban J connectivity index is 1.93. The van der Waals surface area contributed by atoms with Gasteiger partial charge in [0.05, 0.1) is 5.69 Å². The lowest BCUT2D eigenvalue weighted by molar-refractivity contribution is 0.0985. The highest BCUT2D eigenvalue weighted by atomic mass is 32.1. The number of hydrogen-bond donors (Lipinski definition) is 0. The lowest BCUT2D eigenvalue weighted by Gasteiger charge is -2.20. The Hall–Kier alpha value is -1.88. The van der Waals surface area contributed by atoms with E-state index < -0.39 is 0 Å². The number of hydrogen-bond acceptors (Lipinski definition) is 4. The first kappa shape index (κ1) is 14.1. The summed E-state index contributed by atoms with van der Waals surface area (Å²) < 4.78 is 0. The lowest BCUT2D eigenvalue weighted by atomic mass is 10.1. The van der Waals surface area contributed by atoms with Gasteiger partial charge < -0.3 is 4.90 Å². The Morgan fingerprint density at radius 1 is 1.33 bits per heavy atom. The highest BCUT2D eigenvalue weighted by Crippen LogP contribution is 2.35. The Morgan fingerprint density at radius 2 is 2.10 bits per heavy atom. The van der Waals surface area contributed by atoms with E-state index >= 15 is 0 Å². The minimum Gasteiger partial charge on any atom is -0.378 e. The molecule has 4 nitrogen and oxygen atoms in total. The molecule has 1 fully saturated rings. The predicted octanol–water partition coefficient (Wildman–Crippen LogP) is 3.33. The van der Waals surface area contributed by atoms with Gasteiger partial charge in [0.1, 0.15) is 0 Å². The van der Waals surface area contributed by atoms with Crippen LogP contribution >= 0.6 is 11.3 Å². The van der Waals surface area contributed by atoms with Crippen LogP contribution in [0.25, 0.3) is 0 Å². The summed E-state index contributed by atoms with van der Waals surface area (Å²) in [5.41, 5.74) is 2.73. The molecule has 1 aliphatic carbocycles. The fourth-order valence-electron chi connectivity index (χ4n) is 2.25. The van der Waals surface area contributed by atoms with Crippen molar-refractivity contribution in [2.75, 3.05) is 23.9 Å². The summed E-state index contributed by atoms with van der Waals surface area (Å²) in [6, 6.07) is 8.07. The molecule has 0 unspecified atom stereocenters. The van der Waals surface area contributed by atoms with Gasteiger partial charge in [-0.3, -0.25) is 9.69 Å². The third kappa shape index (κ3) is 2.93. The molecule has 0 saturated heterocycles. The molecule has 21 heavy (non-hydrogen) atoms. The van der Waals surface area contributed by atoms with Crippen LogP contribution in [0.4, 0.5) is 10.8 Å². The first-order chi connectivity index (χ1) is 10.1. The number of amides is 1. The lowest BCUT2D eigenvalue weighted by Crippen LogP contribution is -2.33. The molecular weight excluding hydrogens is 282 g/mol. The highest BCUT2D eigenvalue weighted by Gasteiger charge is 2.35. The van der Waals surface area contributed by atoms with Gasteiger partial charge in [-0.05, 0) is 38.0 Å². The molecule has 1 aromatic heterocycles. The number of carbonyl (C=O) groups is 1. The first-order valence-electron chi connectivity index (χ1n) is 7.09. The van der Waals surface area contributed by atoms with Crippen LogP contribution in [0.2, 0.25) is 0 Å². The summed E-state index contributed by atoms with van der Waals surface area (Å²) in [5, 5.41) is 2.81. The van der Waals surface area contributed by atoms with Crippen LogP contribution in [0.1, 0.15) is 28.9 Å². The summed E-state index contributed by atoms with van der Waals surface area (Å²) >= 11 is 1.54. The van der Waals surface area contributed by atoms with Crippen molar-refractivity contribution in [3.63, 3.8) is 0 Å². The predicted molar refractivity (Wildman–Crippen MR) is 87.5 cm³/mol. The highest BCUT2D eigenvalue weighted by molar-refractivity contribution is 7.14. The maximum absolute atomic E-state index is 12.9. The van der Waals surface area contributed by atoms with Crippen molar-refractivity contribution >= 4 is 28.1 Å². The van der Waals surface area contributed by atoms with E-state index in [1.54, 1.807) is 11.3 Å². The van der Waals surface area contributed by atoms with Gasteiger partial charge in [0.15, 0.2) is 5.13 Å². The number of carbonyl (C=O) groups excluding carboxylic acids is 1. The van der Waals surface area contributed by atoms with Gasteiger partial charge in [0, 0.05) is 36.8 Å². The number of aromatic nitrogens is 1. The van der Waals surface area contributed by atoms with Crippen LogP contribution in [-0.4, -0.2) is 31.0 Å². The number of nitrogens with zero attached hydrogens (tertiary/aromatic N) is 3. The minimum atomic E-state index is 0.0514. The van der Waals surface area contributed by atoms with Crippen molar-refractivity contribution in [1.82, 2.24) is 4.98 Å². The second kappa shape index (κ2) is 5.48. The van der Waals surface area contributed by atoms with Gasteiger partial charge in [-0.25, -0.2) is 4.98 Å². The molecular formula is C16H19N3OS. The van der Waals surface area contributed by atoms with Crippen molar-refractivity contribution in [3.8, 4) is 0 Å². The smallest absolute Gasteiger partial charge is 0.260 e. The van der Waals surface area contributed by atoms with E-state index in [-0.39, 0.29) is 5.91 Å². The van der Waals surface area contributed by atoms with E-state index in [1.165, 1.54) is 0 Å². The van der Waals surface area contributed by atoms with Gasteiger partial charge in [0.2, 0.25) is 0 Å². The molecule has 1 amide bonds. The van der Waals surface area contributed by atoms with Crippen molar-refractivity contribution in [2.24, 2.45) is 0 Å². The largest absolute Gasteiger partial charge is 0.378 e. The van der Waals surface area contributed by atoms with E-state index in [0.29, 0.717) is 6.04 Å². The molecule has 0 bridgehead atoms. The maximum Gasteiger partial charge on any atom is 0.260 e. The summed E-state index contributed by atoms with van der Waals surface area (Å²) in [6.45, 7) is 1.96. The average molecular weight is 301 g/mol. The van der Waals surface area contributed by atoms with Gasteiger partial charge in [0.25, 0.3) is 5.91 Å². The average Bonchev–Trinajstić information content (AvgIpc) is 3.21. The van der Waals surface area contributed by atoms with Crippen LogP contribution in [0, 0.1) is 6.92 Å². The Labute approximate surface area is 129 Å². The maximum atomic E-state index is 12.9. The van der Waals surface area contributed by atoms with E-state index in [1.807, 2.05) is 60.5 Å². The topological polar surface area (TPSA) is 36.4 Å². The zero-order chi connectivity index (χ0) is 15.0. The van der Waals surface area contributed by atoms with E-state index in [0.717, 1.165) is 34.9 Å². The minimum absolute atomic E-state index is 0.0514. The van der Waals surface area contributed by atoms with Gasteiger partial charge in [-0.15, -0.1) is 11.3 Å². The second-order valence-corrected chi connectivity index (χ2v) is 6.46. The van der Waals surface area contributed by atoms with Crippen molar-refractivity contribution in [1.29, 1.82) is 0 Å². The number of anilines is 2. The molecule has 1 saturated carbocycles. The van der Waals surface area contributed by atoms with E-state index in [9.17, 15) is 4.79 Å². The standard InChI is InChI=1S/C16H19N3OS/c1-11-10-21-16(17-11)19(13-7-8-13)15(20)12-5-4-6-14(9-12)18(2)3/h4-6,9-10,13H,7-8H2,1-3H3. The number of aryl methyl sites for hydroxylation is 1. The summed E-state index contributed by atoms with van der Waals surface area (Å²) in [5.74, 6) is 0.0514. The van der Waals surface area contributed by atoms with Crippen molar-refractivity contribution in [2.45, 2.75) is 25.8 Å². The van der Waals surface area contributed by atoms with Crippen LogP contribution in [-0.2, 0) is 0 Å². The van der Waals surface area contributed by atoms with Gasteiger partial charge in [-0.2, -0.15) is 0 Å². The molecule has 0 N–H and O–H groups in total. The quantitative estimate of drug-likeness (QED) is 0.869. The fourth-order valence-corrected chi connectivity index (χ4v) is 3.12. The van der Waals surface area contributed by atoms with E-state index in [2.05, 4.69) is 4.98 Å². The molecule has 5 heteroatoms. The Bertz CT molecular complexity index is 661. The van der Waals surface area contributed by atoms with Gasteiger partial charge in [-0.1, -0.05) is 6.07 Å². The van der Waals surface area contributed by atoms with Crippen molar-refractivity contribution < 1.29 is 4.79 Å². The monoisotopic (exact) mass is 301 g/mol. The van der Waals surface area contributed by atoms with Crippen LogP contribution in [0.15, 0.2) is 29.6 Å². The van der Waals surface area contributed by atoms with Crippen molar-refractivity contribution in [3.05, 3.63) is 40.9 Å². The number of benzene rings is 1. The molecule has 110 valence electrons. The third-order valence-corrected chi connectivity index (χ3v) is 4.51. The zero-order valence-electron chi connectivity index (χ0n) is 12.5. The zero-order valence-corrected chi connectivity index (χ0v) is 13.4. The number of thiazole rings is 1. The molecule has 0 atom stereocenters. The molecule has 0 radical (unpaired) electrons. The normalized spacial score (nSPS) is 14.0. The molecule has 1 aliphatic rings.